The van der Waals surface area contributed by atoms with Crippen LogP contribution in [-0.4, -0.2) is 39.8 Å². The van der Waals surface area contributed by atoms with E-state index in [0.717, 1.165) is 35.0 Å². The van der Waals surface area contributed by atoms with Crippen molar-refractivity contribution in [2.75, 3.05) is 17.6 Å². The van der Waals surface area contributed by atoms with Gasteiger partial charge in [0, 0.05) is 29.5 Å². The van der Waals surface area contributed by atoms with Crippen molar-refractivity contribution in [1.82, 2.24) is 5.32 Å². The summed E-state index contributed by atoms with van der Waals surface area (Å²) in [4.78, 5) is 13.1. The summed E-state index contributed by atoms with van der Waals surface area (Å²) in [5.41, 5.74) is 2.30. The quantitative estimate of drug-likeness (QED) is 0.351. The predicted octanol–water partition coefficient (Wildman–Crippen LogP) is 3.93. The van der Waals surface area contributed by atoms with Crippen LogP contribution in [0.5, 0.6) is 0 Å². The number of nitrogens with one attached hydrogen (secondary N) is 1. The largest absolute Gasteiger partial charge is 0.494 e. The van der Waals surface area contributed by atoms with Crippen molar-refractivity contribution in [3.63, 3.8) is 0 Å². The number of fused-ring (bicyclic) bond motifs is 2. The van der Waals surface area contributed by atoms with Crippen LogP contribution in [-0.2, 0) is 21.3 Å². The minimum Gasteiger partial charge on any atom is -0.455 e. The molecule has 0 atom stereocenters. The zero-order valence-corrected chi connectivity index (χ0v) is 21.8. The number of rotatable bonds is 6. The van der Waals surface area contributed by atoms with Gasteiger partial charge in [-0.1, -0.05) is 0 Å². The standard InChI is InChI=1S/C27H23BF2N2O6S/c1-31-27(33)24-23-20(14-3-4-14)10-19(12-22(23)38-26(24)15-5-7-17(29)8-6-15)32(39(2,35)36)18-9-16-13-37-28(34)25(16)21(30)11-18/h5-12,14,34H,3-4,13H2,1-2H3,(H,31,33). The fourth-order valence-electron chi connectivity index (χ4n) is 5.18. The number of carbonyl (C=O) groups excluding carboxylic acids is 1. The highest BCUT2D eigenvalue weighted by molar-refractivity contribution is 7.92. The summed E-state index contributed by atoms with van der Waals surface area (Å²) in [5.74, 6) is -1.34. The molecule has 3 aromatic carbocycles. The summed E-state index contributed by atoms with van der Waals surface area (Å²) in [7, 11) is -3.92. The lowest BCUT2D eigenvalue weighted by molar-refractivity contribution is 0.0964. The molecule has 0 unspecified atom stereocenters. The molecule has 1 saturated carbocycles. The number of halogens is 2. The second-order valence-electron chi connectivity index (χ2n) is 9.77. The molecule has 200 valence electrons. The highest BCUT2D eigenvalue weighted by Gasteiger charge is 2.35. The first-order chi connectivity index (χ1) is 18.6. The summed E-state index contributed by atoms with van der Waals surface area (Å²) >= 11 is 0. The molecule has 0 bridgehead atoms. The Hall–Kier alpha value is -3.74. The zero-order valence-electron chi connectivity index (χ0n) is 21.0. The Morgan fingerprint density at radius 3 is 2.44 bits per heavy atom. The first-order valence-electron chi connectivity index (χ1n) is 12.3. The minimum atomic E-state index is -3.99. The average Bonchev–Trinajstić information content (AvgIpc) is 3.56. The Bertz CT molecular complexity index is 1750. The van der Waals surface area contributed by atoms with E-state index in [0.29, 0.717) is 16.5 Å². The Morgan fingerprint density at radius 2 is 1.79 bits per heavy atom. The monoisotopic (exact) mass is 552 g/mol. The highest BCUT2D eigenvalue weighted by atomic mass is 32.2. The topological polar surface area (TPSA) is 109 Å². The van der Waals surface area contributed by atoms with Crippen LogP contribution in [0, 0.1) is 11.6 Å². The normalized spacial score (nSPS) is 15.1. The van der Waals surface area contributed by atoms with E-state index in [1.165, 1.54) is 43.4 Å². The van der Waals surface area contributed by atoms with Gasteiger partial charge < -0.3 is 19.4 Å². The number of furan rings is 1. The van der Waals surface area contributed by atoms with E-state index in [4.69, 9.17) is 9.07 Å². The maximum atomic E-state index is 15.0. The number of hydrogen-bond acceptors (Lipinski definition) is 6. The molecule has 1 fully saturated rings. The van der Waals surface area contributed by atoms with Gasteiger partial charge in [-0.2, -0.15) is 0 Å². The lowest BCUT2D eigenvalue weighted by atomic mass is 9.79. The van der Waals surface area contributed by atoms with Gasteiger partial charge in [0.2, 0.25) is 10.0 Å². The molecule has 0 radical (unpaired) electrons. The third-order valence-corrected chi connectivity index (χ3v) is 8.11. The van der Waals surface area contributed by atoms with Crippen molar-refractivity contribution in [3.05, 3.63) is 76.9 Å². The van der Waals surface area contributed by atoms with Crippen molar-refractivity contribution < 1.29 is 36.1 Å². The molecule has 1 aliphatic carbocycles. The summed E-state index contributed by atoms with van der Waals surface area (Å²) < 4.78 is 67.2. The molecule has 1 aliphatic heterocycles. The van der Waals surface area contributed by atoms with Crippen molar-refractivity contribution in [2.24, 2.45) is 0 Å². The molecule has 0 spiro atoms. The van der Waals surface area contributed by atoms with Crippen molar-refractivity contribution in [2.45, 2.75) is 25.4 Å². The van der Waals surface area contributed by atoms with Crippen LogP contribution in [0.25, 0.3) is 22.3 Å². The molecule has 0 saturated heterocycles. The molecule has 2 heterocycles. The third-order valence-electron chi connectivity index (χ3n) is 7.03. The van der Waals surface area contributed by atoms with Gasteiger partial charge in [-0.05, 0) is 72.4 Å². The predicted molar refractivity (Wildman–Crippen MR) is 143 cm³/mol. The SMILES string of the molecule is CNC(=O)c1c(-c2ccc(F)cc2)oc2cc(N(c3cc(F)c4c(c3)COB4O)S(C)(=O)=O)cc(C3CC3)c12. The van der Waals surface area contributed by atoms with Gasteiger partial charge in [0.05, 0.1) is 29.8 Å². The van der Waals surface area contributed by atoms with Crippen molar-refractivity contribution in [1.29, 1.82) is 0 Å². The Kier molecular flexibility index (Phi) is 6.01. The van der Waals surface area contributed by atoms with Gasteiger partial charge in [-0.3, -0.25) is 4.79 Å². The molecule has 8 nitrogen and oxygen atoms in total. The summed E-state index contributed by atoms with van der Waals surface area (Å²) in [5, 5.41) is 13.1. The number of nitrogens with zero attached hydrogens (tertiary/aromatic N) is 1. The second kappa shape index (κ2) is 9.18. The van der Waals surface area contributed by atoms with Crippen molar-refractivity contribution in [3.8, 4) is 11.3 Å². The molecule has 6 rings (SSSR count). The average molecular weight is 552 g/mol. The molecule has 1 aromatic heterocycles. The minimum absolute atomic E-state index is 0.0217. The van der Waals surface area contributed by atoms with Crippen LogP contribution >= 0.6 is 0 Å². The van der Waals surface area contributed by atoms with E-state index in [9.17, 15) is 27.0 Å². The van der Waals surface area contributed by atoms with Crippen LogP contribution < -0.4 is 15.1 Å². The van der Waals surface area contributed by atoms with E-state index in [1.54, 1.807) is 6.07 Å². The van der Waals surface area contributed by atoms with Gasteiger partial charge in [-0.15, -0.1) is 0 Å². The van der Waals surface area contributed by atoms with Crippen LogP contribution in [0.4, 0.5) is 20.2 Å². The van der Waals surface area contributed by atoms with E-state index >= 15 is 0 Å². The van der Waals surface area contributed by atoms with Crippen molar-refractivity contribution >= 4 is 50.9 Å². The number of sulfonamides is 1. The molecular weight excluding hydrogens is 529 g/mol. The molecule has 12 heteroatoms. The molecule has 4 aromatic rings. The van der Waals surface area contributed by atoms with Gasteiger partial charge in [0.1, 0.15) is 23.0 Å². The molecule has 2 N–H and O–H groups in total. The first-order valence-corrected chi connectivity index (χ1v) is 14.1. The number of carbonyl (C=O) groups is 1. The number of anilines is 2. The van der Waals surface area contributed by atoms with Crippen LogP contribution in [0.1, 0.15) is 40.2 Å². The maximum absolute atomic E-state index is 15.0. The molecular formula is C27H23BF2N2O6S. The fourth-order valence-corrected chi connectivity index (χ4v) is 6.16. The number of benzene rings is 3. The van der Waals surface area contributed by atoms with E-state index in [2.05, 4.69) is 5.32 Å². The van der Waals surface area contributed by atoms with E-state index in [-0.39, 0.29) is 46.3 Å². The van der Waals surface area contributed by atoms with Crippen LogP contribution in [0.2, 0.25) is 0 Å². The Balaban J connectivity index is 1.60. The number of hydrogen-bond donors (Lipinski definition) is 2. The summed E-state index contributed by atoms with van der Waals surface area (Å²) in [6.07, 6.45) is 2.68. The lowest BCUT2D eigenvalue weighted by Gasteiger charge is -2.24. The van der Waals surface area contributed by atoms with Gasteiger partial charge in [-0.25, -0.2) is 21.5 Å². The first kappa shape index (κ1) is 25.5. The van der Waals surface area contributed by atoms with Crippen LogP contribution in [0.15, 0.2) is 52.9 Å². The summed E-state index contributed by atoms with van der Waals surface area (Å²) in [6, 6.07) is 11.2. The molecule has 2 aliphatic rings. The van der Waals surface area contributed by atoms with Crippen LogP contribution in [0.3, 0.4) is 0 Å². The third kappa shape index (κ3) is 4.38. The van der Waals surface area contributed by atoms with E-state index < -0.39 is 34.7 Å². The smallest absolute Gasteiger partial charge is 0.455 e. The molecule has 1 amide bonds. The lowest BCUT2D eigenvalue weighted by Crippen LogP contribution is -2.32. The fraction of sp³-hybridized carbons (Fsp3) is 0.222. The molecule has 39 heavy (non-hydrogen) atoms. The number of amides is 1. The Morgan fingerprint density at radius 1 is 1.10 bits per heavy atom. The maximum Gasteiger partial charge on any atom is 0.494 e. The van der Waals surface area contributed by atoms with E-state index in [1.807, 2.05) is 0 Å². The summed E-state index contributed by atoms with van der Waals surface area (Å²) in [6.45, 7) is -0.0695. The Labute approximate surface area is 223 Å². The van der Waals surface area contributed by atoms with Gasteiger partial charge in [0.25, 0.3) is 5.91 Å². The zero-order chi connectivity index (χ0) is 27.6. The highest BCUT2D eigenvalue weighted by Crippen LogP contribution is 2.49. The van der Waals surface area contributed by atoms with Gasteiger partial charge in [0.15, 0.2) is 0 Å². The second-order valence-corrected chi connectivity index (χ2v) is 11.6. The van der Waals surface area contributed by atoms with Gasteiger partial charge >= 0.3 is 7.12 Å².